The lowest BCUT2D eigenvalue weighted by Crippen LogP contribution is -2.35. The average molecular weight is 206 g/mol. The quantitative estimate of drug-likeness (QED) is 0.695. The number of hydrogen-bond donors (Lipinski definition) is 2. The van der Waals surface area contributed by atoms with Crippen molar-refractivity contribution in [1.29, 1.82) is 0 Å². The molecule has 0 aromatic heterocycles. The fraction of sp³-hybridized carbons (Fsp3) is 0.364. The van der Waals surface area contributed by atoms with Crippen LogP contribution in [0.5, 0.6) is 5.75 Å². The van der Waals surface area contributed by atoms with Crippen LogP contribution in [0.1, 0.15) is 15.9 Å². The molecule has 0 saturated heterocycles. The van der Waals surface area contributed by atoms with Gasteiger partial charge < -0.3 is 15.8 Å². The summed E-state index contributed by atoms with van der Waals surface area (Å²) in [5.74, 6) is 0.683. The third kappa shape index (κ3) is 1.80. The van der Waals surface area contributed by atoms with Crippen LogP contribution < -0.4 is 15.8 Å². The largest absolute Gasteiger partial charge is 0.492 e. The summed E-state index contributed by atoms with van der Waals surface area (Å²) in [5.41, 5.74) is 7.37. The van der Waals surface area contributed by atoms with Gasteiger partial charge in [0.1, 0.15) is 12.4 Å². The topological polar surface area (TPSA) is 64.4 Å². The molecular weight excluding hydrogens is 192 g/mol. The van der Waals surface area contributed by atoms with Crippen molar-refractivity contribution in [2.45, 2.75) is 12.5 Å². The summed E-state index contributed by atoms with van der Waals surface area (Å²) in [7, 11) is 1.62. The van der Waals surface area contributed by atoms with E-state index < -0.39 is 0 Å². The summed E-state index contributed by atoms with van der Waals surface area (Å²) < 4.78 is 5.47. The van der Waals surface area contributed by atoms with Gasteiger partial charge in [0.05, 0.1) is 0 Å². The summed E-state index contributed by atoms with van der Waals surface area (Å²) >= 11 is 0. The molecule has 0 aliphatic carbocycles. The van der Waals surface area contributed by atoms with Gasteiger partial charge >= 0.3 is 0 Å². The highest BCUT2D eigenvalue weighted by Crippen LogP contribution is 2.27. The van der Waals surface area contributed by atoms with Gasteiger partial charge in [-0.25, -0.2) is 0 Å². The summed E-state index contributed by atoms with van der Waals surface area (Å²) in [4.78, 5) is 11.6. The first kappa shape index (κ1) is 9.98. The Morgan fingerprint density at radius 1 is 1.60 bits per heavy atom. The van der Waals surface area contributed by atoms with E-state index in [1.165, 1.54) is 0 Å². The van der Waals surface area contributed by atoms with Gasteiger partial charge in [-0.05, 0) is 18.6 Å². The van der Waals surface area contributed by atoms with Gasteiger partial charge in [-0.2, -0.15) is 0 Å². The van der Waals surface area contributed by atoms with Crippen molar-refractivity contribution in [2.24, 2.45) is 5.73 Å². The zero-order chi connectivity index (χ0) is 10.8. The van der Waals surface area contributed by atoms with Gasteiger partial charge in [0.25, 0.3) is 5.91 Å². The lowest BCUT2D eigenvalue weighted by atomic mass is 9.97. The predicted octanol–water partition coefficient (Wildman–Crippen LogP) is 0.308. The maximum atomic E-state index is 11.6. The Bertz CT molecular complexity index is 390. The smallest absolute Gasteiger partial charge is 0.251 e. The first-order valence-electron chi connectivity index (χ1n) is 4.94. The molecule has 3 N–H and O–H groups in total. The SMILES string of the molecule is CNC(=O)c1cccc2c1C[C@H](N)CO2. The second-order valence-electron chi connectivity index (χ2n) is 3.64. The molecule has 0 fully saturated rings. The molecule has 1 amide bonds. The summed E-state index contributed by atoms with van der Waals surface area (Å²) in [6, 6.07) is 5.45. The van der Waals surface area contributed by atoms with Crippen LogP contribution in [0, 0.1) is 0 Å². The molecule has 2 rings (SSSR count). The number of benzene rings is 1. The number of carbonyl (C=O) groups is 1. The van der Waals surface area contributed by atoms with E-state index in [-0.39, 0.29) is 11.9 Å². The van der Waals surface area contributed by atoms with E-state index in [0.717, 1.165) is 11.3 Å². The van der Waals surface area contributed by atoms with E-state index in [9.17, 15) is 4.79 Å². The molecule has 1 aliphatic rings. The van der Waals surface area contributed by atoms with E-state index in [4.69, 9.17) is 10.5 Å². The Balaban J connectivity index is 2.44. The zero-order valence-corrected chi connectivity index (χ0v) is 8.62. The van der Waals surface area contributed by atoms with E-state index in [1.807, 2.05) is 12.1 Å². The van der Waals surface area contributed by atoms with E-state index in [1.54, 1.807) is 13.1 Å². The summed E-state index contributed by atoms with van der Waals surface area (Å²) in [6.45, 7) is 0.518. The number of amides is 1. The predicted molar refractivity (Wildman–Crippen MR) is 57.0 cm³/mol. The number of ether oxygens (including phenoxy) is 1. The first-order valence-corrected chi connectivity index (χ1v) is 4.94. The summed E-state index contributed by atoms with van der Waals surface area (Å²) in [6.07, 6.45) is 0.693. The van der Waals surface area contributed by atoms with Crippen molar-refractivity contribution >= 4 is 5.91 Å². The van der Waals surface area contributed by atoms with Gasteiger partial charge in [0, 0.05) is 24.2 Å². The van der Waals surface area contributed by atoms with Crippen LogP contribution in [0.25, 0.3) is 0 Å². The van der Waals surface area contributed by atoms with Crippen LogP contribution in [0.4, 0.5) is 0 Å². The van der Waals surface area contributed by atoms with Crippen molar-refractivity contribution < 1.29 is 9.53 Å². The fourth-order valence-electron chi connectivity index (χ4n) is 1.78. The Labute approximate surface area is 88.4 Å². The first-order chi connectivity index (χ1) is 7.22. The van der Waals surface area contributed by atoms with Crippen LogP contribution in [-0.2, 0) is 6.42 Å². The fourth-order valence-corrected chi connectivity index (χ4v) is 1.78. The van der Waals surface area contributed by atoms with Crippen LogP contribution in [0.2, 0.25) is 0 Å². The van der Waals surface area contributed by atoms with Gasteiger partial charge in [-0.1, -0.05) is 6.07 Å². The Kier molecular flexibility index (Phi) is 2.60. The van der Waals surface area contributed by atoms with Crippen molar-refractivity contribution in [3.05, 3.63) is 29.3 Å². The minimum atomic E-state index is -0.0930. The normalized spacial score (nSPS) is 18.9. The van der Waals surface area contributed by atoms with E-state index >= 15 is 0 Å². The highest BCUT2D eigenvalue weighted by atomic mass is 16.5. The molecule has 1 atom stereocenters. The lowest BCUT2D eigenvalue weighted by Gasteiger charge is -2.24. The third-order valence-electron chi connectivity index (χ3n) is 2.52. The van der Waals surface area contributed by atoms with E-state index in [2.05, 4.69) is 5.32 Å². The third-order valence-corrected chi connectivity index (χ3v) is 2.52. The highest BCUT2D eigenvalue weighted by molar-refractivity contribution is 5.96. The van der Waals surface area contributed by atoms with Gasteiger partial charge in [-0.3, -0.25) is 4.79 Å². The number of nitrogens with two attached hydrogens (primary N) is 1. The molecule has 1 aliphatic heterocycles. The second kappa shape index (κ2) is 3.90. The number of fused-ring (bicyclic) bond motifs is 1. The molecular formula is C11H14N2O2. The molecule has 0 bridgehead atoms. The lowest BCUT2D eigenvalue weighted by molar-refractivity contribution is 0.0960. The standard InChI is InChI=1S/C11H14N2O2/c1-13-11(14)8-3-2-4-10-9(8)5-7(12)6-15-10/h2-4,7H,5-6,12H2,1H3,(H,13,14)/t7-/m0/s1. The summed E-state index contributed by atoms with van der Waals surface area (Å²) in [5, 5.41) is 2.61. The van der Waals surface area contributed by atoms with Crippen molar-refractivity contribution in [2.75, 3.05) is 13.7 Å². The van der Waals surface area contributed by atoms with Crippen LogP contribution >= 0.6 is 0 Å². The molecule has 1 heterocycles. The molecule has 0 spiro atoms. The van der Waals surface area contributed by atoms with Crippen LogP contribution in [0.15, 0.2) is 18.2 Å². The Morgan fingerprint density at radius 3 is 3.13 bits per heavy atom. The maximum Gasteiger partial charge on any atom is 0.251 e. The van der Waals surface area contributed by atoms with Gasteiger partial charge in [0.2, 0.25) is 0 Å². The van der Waals surface area contributed by atoms with Gasteiger partial charge in [0.15, 0.2) is 0 Å². The van der Waals surface area contributed by atoms with Gasteiger partial charge in [-0.15, -0.1) is 0 Å². The molecule has 1 aromatic carbocycles. The van der Waals surface area contributed by atoms with Crippen molar-refractivity contribution in [1.82, 2.24) is 5.32 Å². The number of rotatable bonds is 1. The number of carbonyl (C=O) groups excluding carboxylic acids is 1. The van der Waals surface area contributed by atoms with Crippen LogP contribution in [0.3, 0.4) is 0 Å². The van der Waals surface area contributed by atoms with Crippen molar-refractivity contribution in [3.63, 3.8) is 0 Å². The molecule has 0 saturated carbocycles. The Hall–Kier alpha value is -1.55. The average Bonchev–Trinajstić information content (AvgIpc) is 2.27. The number of nitrogens with one attached hydrogen (secondary N) is 1. The van der Waals surface area contributed by atoms with E-state index in [0.29, 0.717) is 18.6 Å². The highest BCUT2D eigenvalue weighted by Gasteiger charge is 2.21. The molecule has 0 unspecified atom stereocenters. The molecule has 4 nitrogen and oxygen atoms in total. The molecule has 15 heavy (non-hydrogen) atoms. The number of hydrogen-bond acceptors (Lipinski definition) is 3. The maximum absolute atomic E-state index is 11.6. The minimum absolute atomic E-state index is 0.0247. The van der Waals surface area contributed by atoms with Crippen molar-refractivity contribution in [3.8, 4) is 5.75 Å². The molecule has 0 radical (unpaired) electrons. The minimum Gasteiger partial charge on any atom is -0.492 e. The monoisotopic (exact) mass is 206 g/mol. The zero-order valence-electron chi connectivity index (χ0n) is 8.62. The molecule has 1 aromatic rings. The molecule has 4 heteroatoms. The molecule has 80 valence electrons. The second-order valence-corrected chi connectivity index (χ2v) is 3.64. The van der Waals surface area contributed by atoms with Crippen LogP contribution in [-0.4, -0.2) is 25.6 Å². The Morgan fingerprint density at radius 2 is 2.40 bits per heavy atom.